The summed E-state index contributed by atoms with van der Waals surface area (Å²) in [6.07, 6.45) is 0. The van der Waals surface area contributed by atoms with Crippen LogP contribution < -0.4 is 9.83 Å². The van der Waals surface area contributed by atoms with Crippen LogP contribution in [0.25, 0.3) is 21.8 Å². The Bertz CT molecular complexity index is 1680. The van der Waals surface area contributed by atoms with Gasteiger partial charge in [-0.3, -0.25) is 0 Å². The van der Waals surface area contributed by atoms with Crippen LogP contribution in [0.5, 0.6) is 5.75 Å². The number of halogens is 1. The highest BCUT2D eigenvalue weighted by Crippen LogP contribution is 2.62. The third-order valence-corrected chi connectivity index (χ3v) is 11.2. The van der Waals surface area contributed by atoms with Gasteiger partial charge in [0.05, 0.1) is 5.69 Å². The molecule has 0 amide bonds. The van der Waals surface area contributed by atoms with E-state index in [2.05, 4.69) is 123 Å². The Labute approximate surface area is 228 Å². The molecule has 4 aromatic carbocycles. The highest BCUT2D eigenvalue weighted by atomic mass is 79.9. The Hall–Kier alpha value is -2.81. The molecule has 0 N–H and O–H groups in total. The van der Waals surface area contributed by atoms with Crippen molar-refractivity contribution in [1.29, 1.82) is 0 Å². The fourth-order valence-electron chi connectivity index (χ4n) is 5.12. The minimum atomic E-state index is -2.62. The minimum Gasteiger partial charge on any atom is -0.455 e. The molecule has 1 aromatic heterocycles. The van der Waals surface area contributed by atoms with E-state index < -0.39 is 7.28 Å². The molecule has 0 aliphatic rings. The molecule has 0 aliphatic carbocycles. The first-order valence-corrected chi connectivity index (χ1v) is 15.2. The lowest BCUT2D eigenvalue weighted by Crippen LogP contribution is -2.27. The van der Waals surface area contributed by atoms with Gasteiger partial charge in [-0.15, -0.1) is 0 Å². The van der Waals surface area contributed by atoms with E-state index in [1.165, 1.54) is 27.4 Å². The Kier molecular flexibility index (Phi) is 6.85. The van der Waals surface area contributed by atoms with E-state index in [-0.39, 0.29) is 5.16 Å². The molecule has 37 heavy (non-hydrogen) atoms. The molecule has 190 valence electrons. The van der Waals surface area contributed by atoms with Crippen LogP contribution in [0.3, 0.4) is 0 Å². The van der Waals surface area contributed by atoms with E-state index in [9.17, 15) is 0 Å². The lowest BCUT2D eigenvalue weighted by molar-refractivity contribution is 0.570. The second-order valence-corrected chi connectivity index (χ2v) is 15.0. The smallest absolute Gasteiger partial charge is 0.173 e. The van der Waals surface area contributed by atoms with E-state index in [0.29, 0.717) is 0 Å². The van der Waals surface area contributed by atoms with Gasteiger partial charge in [0.15, 0.2) is 7.28 Å². The number of hydrogen-bond donors (Lipinski definition) is 0. The first-order chi connectivity index (χ1) is 17.6. The van der Waals surface area contributed by atoms with E-state index in [1.807, 2.05) is 24.3 Å². The normalized spacial score (nSPS) is 13.6. The number of aryl methyl sites for hydroxylation is 3. The zero-order valence-corrected chi connectivity index (χ0v) is 24.9. The first kappa shape index (κ1) is 25.8. The molecular weight excluding hydrogens is 539 g/mol. The summed E-state index contributed by atoms with van der Waals surface area (Å²) in [4.78, 5) is 0. The molecule has 5 heteroatoms. The number of aromatic nitrogens is 1. The van der Waals surface area contributed by atoms with Gasteiger partial charge in [0.25, 0.3) is 0 Å². The molecule has 0 fully saturated rings. The van der Waals surface area contributed by atoms with Gasteiger partial charge in [-0.1, -0.05) is 78.7 Å². The van der Waals surface area contributed by atoms with E-state index in [0.717, 1.165) is 33.3 Å². The molecule has 0 radical (unpaired) electrons. The molecular formula is C32H34BrN2OP. The second-order valence-electron chi connectivity index (χ2n) is 10.6. The van der Waals surface area contributed by atoms with E-state index >= 15 is 0 Å². The summed E-state index contributed by atoms with van der Waals surface area (Å²) >= 11 is 3.63. The zero-order valence-electron chi connectivity index (χ0n) is 22.4. The monoisotopic (exact) mass is 572 g/mol. The van der Waals surface area contributed by atoms with Gasteiger partial charge in [0, 0.05) is 43.3 Å². The van der Waals surface area contributed by atoms with Gasteiger partial charge in [-0.05, 0) is 74.9 Å². The molecule has 0 bridgehead atoms. The molecule has 3 nitrogen and oxygen atoms in total. The molecule has 5 aromatic rings. The van der Waals surface area contributed by atoms with Crippen LogP contribution in [0.4, 0.5) is 5.69 Å². The second kappa shape index (κ2) is 9.82. The number of nitrogens with zero attached hydrogens (tertiary/aromatic N) is 2. The number of benzene rings is 4. The van der Waals surface area contributed by atoms with E-state index in [1.54, 1.807) is 0 Å². The van der Waals surface area contributed by atoms with Gasteiger partial charge >= 0.3 is 0 Å². The van der Waals surface area contributed by atoms with Crippen LogP contribution in [0, 0.1) is 13.8 Å². The molecule has 1 heterocycles. The summed E-state index contributed by atoms with van der Waals surface area (Å²) in [5, 5.41) is 3.40. The third kappa shape index (κ3) is 4.67. The number of fused-ring (bicyclic) bond motifs is 3. The van der Waals surface area contributed by atoms with Gasteiger partial charge in [-0.2, -0.15) is 0 Å². The predicted octanol–water partition coefficient (Wildman–Crippen LogP) is 10.1. The van der Waals surface area contributed by atoms with Crippen molar-refractivity contribution in [2.24, 2.45) is 4.74 Å². The van der Waals surface area contributed by atoms with Crippen LogP contribution in [0.2, 0.25) is 0 Å². The number of rotatable bonds is 5. The Morgan fingerprint density at radius 2 is 1.59 bits per heavy atom. The zero-order chi connectivity index (χ0) is 26.4. The molecule has 0 saturated carbocycles. The van der Waals surface area contributed by atoms with Crippen molar-refractivity contribution in [3.05, 3.63) is 101 Å². The Morgan fingerprint density at radius 3 is 2.30 bits per heavy atom. The molecule has 0 unspecified atom stereocenters. The SMILES string of the molecule is CCn1c2ccccc2c2cc([P@](=Nc3ccc(C)cc3C)(Oc3cccc(Br)c3)C(C)(C)C)ccc21. The van der Waals surface area contributed by atoms with Gasteiger partial charge in [0.2, 0.25) is 0 Å². The maximum atomic E-state index is 7.12. The van der Waals surface area contributed by atoms with Crippen LogP contribution >= 0.6 is 23.2 Å². The average molecular weight is 574 g/mol. The van der Waals surface area contributed by atoms with Crippen LogP contribution in [0.1, 0.15) is 38.8 Å². The van der Waals surface area contributed by atoms with Crippen molar-refractivity contribution in [2.45, 2.75) is 53.2 Å². The summed E-state index contributed by atoms with van der Waals surface area (Å²) in [6, 6.07) is 30.1. The molecule has 5 rings (SSSR count). The number of hydrogen-bond acceptors (Lipinski definition) is 2. The Morgan fingerprint density at radius 1 is 0.838 bits per heavy atom. The molecule has 0 saturated heterocycles. The first-order valence-electron chi connectivity index (χ1n) is 12.8. The van der Waals surface area contributed by atoms with Crippen molar-refractivity contribution in [1.82, 2.24) is 4.57 Å². The van der Waals surface area contributed by atoms with Gasteiger partial charge in [0.1, 0.15) is 5.75 Å². The summed E-state index contributed by atoms with van der Waals surface area (Å²) in [6.45, 7) is 14.2. The fraction of sp³-hybridized carbons (Fsp3) is 0.250. The quantitative estimate of drug-likeness (QED) is 0.192. The molecule has 0 aliphatic heterocycles. The molecule has 1 atom stereocenters. The summed E-state index contributed by atoms with van der Waals surface area (Å²) in [5.74, 6) is 0.822. The summed E-state index contributed by atoms with van der Waals surface area (Å²) in [7, 11) is -2.62. The van der Waals surface area contributed by atoms with Crippen LogP contribution in [0.15, 0.2) is 94.1 Å². The highest BCUT2D eigenvalue weighted by Gasteiger charge is 2.39. The fourth-order valence-corrected chi connectivity index (χ4v) is 8.64. The number of para-hydroxylation sites is 1. The van der Waals surface area contributed by atoms with Gasteiger partial charge < -0.3 is 9.09 Å². The predicted molar refractivity (Wildman–Crippen MR) is 164 cm³/mol. The highest BCUT2D eigenvalue weighted by molar-refractivity contribution is 9.10. The van der Waals surface area contributed by atoms with Crippen molar-refractivity contribution < 1.29 is 4.52 Å². The van der Waals surface area contributed by atoms with Crippen molar-refractivity contribution in [2.75, 3.05) is 0 Å². The summed E-state index contributed by atoms with van der Waals surface area (Å²) in [5.41, 5.74) is 5.89. The lowest BCUT2D eigenvalue weighted by atomic mass is 10.1. The summed E-state index contributed by atoms with van der Waals surface area (Å²) < 4.78 is 16.1. The largest absolute Gasteiger partial charge is 0.455 e. The van der Waals surface area contributed by atoms with E-state index in [4.69, 9.17) is 9.27 Å². The van der Waals surface area contributed by atoms with Gasteiger partial charge in [-0.25, -0.2) is 4.74 Å². The van der Waals surface area contributed by atoms with Crippen molar-refractivity contribution >= 4 is 56.0 Å². The minimum absolute atomic E-state index is 0.260. The third-order valence-electron chi connectivity index (χ3n) is 6.97. The van der Waals surface area contributed by atoms with Crippen LogP contribution in [-0.2, 0) is 6.54 Å². The maximum Gasteiger partial charge on any atom is 0.173 e. The maximum absolute atomic E-state index is 7.12. The lowest BCUT2D eigenvalue weighted by Gasteiger charge is -2.37. The van der Waals surface area contributed by atoms with Crippen LogP contribution in [-0.4, -0.2) is 9.72 Å². The Balaban J connectivity index is 1.87. The topological polar surface area (TPSA) is 26.5 Å². The molecule has 0 spiro atoms. The van der Waals surface area contributed by atoms with Crippen molar-refractivity contribution in [3.63, 3.8) is 0 Å². The standard InChI is InChI=1S/C32H34BrN2OP/c1-7-35-30-14-9-8-13-27(30)28-21-26(16-18-31(28)35)37(32(4,5)6,36-25-12-10-11-24(33)20-25)34-29-17-15-22(2)19-23(29)3/h8-21H,7H2,1-6H3/t37-/m0/s1. The van der Waals surface area contributed by atoms with Crippen molar-refractivity contribution in [3.8, 4) is 5.75 Å². The average Bonchev–Trinajstić information content (AvgIpc) is 3.17.